The summed E-state index contributed by atoms with van der Waals surface area (Å²) >= 11 is 0. The smallest absolute Gasteiger partial charge is 0.315 e. The van der Waals surface area contributed by atoms with Crippen LogP contribution in [0.15, 0.2) is 30.3 Å². The second kappa shape index (κ2) is 24.0. The molecule has 0 aromatic heterocycles. The Morgan fingerprint density at radius 2 is 1.00 bits per heavy atom. The van der Waals surface area contributed by atoms with Crippen LogP contribution in [-0.4, -0.2) is 17.5 Å². The number of rotatable bonds is 26. The lowest BCUT2D eigenvalue weighted by Gasteiger charge is -2.33. The molecule has 0 amide bonds. The molecule has 0 saturated heterocycles. The SMILES string of the molecule is CCCCCCCCCCCCCCCCCC(=O)OC(CCCC)(CCCC)CC(=O)Oc1ccccc1. The average molecular weight is 545 g/mol. The molecule has 0 atom stereocenters. The van der Waals surface area contributed by atoms with Crippen molar-refractivity contribution in [2.75, 3.05) is 0 Å². The van der Waals surface area contributed by atoms with Crippen LogP contribution in [0.1, 0.15) is 168 Å². The summed E-state index contributed by atoms with van der Waals surface area (Å²) in [7, 11) is 0. The third kappa shape index (κ3) is 19.0. The third-order valence-electron chi connectivity index (χ3n) is 7.73. The first-order chi connectivity index (χ1) is 19.0. The zero-order chi connectivity index (χ0) is 28.4. The Morgan fingerprint density at radius 3 is 1.46 bits per heavy atom. The van der Waals surface area contributed by atoms with Gasteiger partial charge in [-0.25, -0.2) is 0 Å². The molecular weight excluding hydrogens is 484 g/mol. The van der Waals surface area contributed by atoms with Gasteiger partial charge in [0.1, 0.15) is 11.4 Å². The molecular formula is C35H60O4. The van der Waals surface area contributed by atoms with Gasteiger partial charge in [0.2, 0.25) is 0 Å². The van der Waals surface area contributed by atoms with E-state index in [4.69, 9.17) is 9.47 Å². The molecule has 1 aromatic carbocycles. The minimum atomic E-state index is -0.759. The van der Waals surface area contributed by atoms with Crippen molar-refractivity contribution in [3.63, 3.8) is 0 Å². The largest absolute Gasteiger partial charge is 0.458 e. The summed E-state index contributed by atoms with van der Waals surface area (Å²) in [6, 6.07) is 9.15. The van der Waals surface area contributed by atoms with E-state index < -0.39 is 5.60 Å². The van der Waals surface area contributed by atoms with E-state index in [1.54, 1.807) is 12.1 Å². The van der Waals surface area contributed by atoms with E-state index >= 15 is 0 Å². The van der Waals surface area contributed by atoms with E-state index in [0.29, 0.717) is 25.0 Å². The summed E-state index contributed by atoms with van der Waals surface area (Å²) in [5.41, 5.74) is -0.759. The van der Waals surface area contributed by atoms with Crippen LogP contribution in [0, 0.1) is 0 Å². The number of hydrogen-bond acceptors (Lipinski definition) is 4. The van der Waals surface area contributed by atoms with Crippen LogP contribution >= 0.6 is 0 Å². The van der Waals surface area contributed by atoms with Gasteiger partial charge in [-0.2, -0.15) is 0 Å². The Kier molecular flexibility index (Phi) is 21.7. The molecule has 0 bridgehead atoms. The Balaban J connectivity index is 2.31. The van der Waals surface area contributed by atoms with E-state index in [1.807, 2.05) is 18.2 Å². The van der Waals surface area contributed by atoms with Crippen molar-refractivity contribution in [2.24, 2.45) is 0 Å². The lowest BCUT2D eigenvalue weighted by atomic mass is 9.87. The molecule has 0 aliphatic heterocycles. The summed E-state index contributed by atoms with van der Waals surface area (Å²) in [6.45, 7) is 6.53. The number of unbranched alkanes of at least 4 members (excludes halogenated alkanes) is 16. The number of ether oxygens (including phenoxy) is 2. The standard InChI is InChI=1S/C35H60O4/c1-4-7-10-11-12-13-14-15-16-17-18-19-20-21-25-28-33(36)39-35(29-8-5-2,30-9-6-3)31-34(37)38-32-26-23-22-24-27-32/h22-24,26-27H,4-21,25,28-31H2,1-3H3. The highest BCUT2D eigenvalue weighted by Gasteiger charge is 2.36. The van der Waals surface area contributed by atoms with E-state index in [-0.39, 0.29) is 18.4 Å². The molecule has 0 heterocycles. The molecule has 224 valence electrons. The van der Waals surface area contributed by atoms with Gasteiger partial charge in [0.05, 0.1) is 6.42 Å². The van der Waals surface area contributed by atoms with Crippen molar-refractivity contribution in [3.8, 4) is 5.75 Å². The van der Waals surface area contributed by atoms with E-state index in [0.717, 1.165) is 38.5 Å². The van der Waals surface area contributed by atoms with Crippen molar-refractivity contribution in [1.82, 2.24) is 0 Å². The summed E-state index contributed by atoms with van der Waals surface area (Å²) < 4.78 is 11.7. The zero-order valence-electron chi connectivity index (χ0n) is 25.8. The predicted octanol–water partition coefficient (Wildman–Crippen LogP) is 10.9. The van der Waals surface area contributed by atoms with Crippen molar-refractivity contribution in [2.45, 2.75) is 174 Å². The molecule has 0 spiro atoms. The number of carbonyl (C=O) groups excluding carboxylic acids is 2. The number of benzene rings is 1. The molecule has 39 heavy (non-hydrogen) atoms. The van der Waals surface area contributed by atoms with Gasteiger partial charge in [-0.1, -0.05) is 142 Å². The summed E-state index contributed by atoms with van der Waals surface area (Å²) in [5, 5.41) is 0. The van der Waals surface area contributed by atoms with Crippen LogP contribution in [0.25, 0.3) is 0 Å². The fraction of sp³-hybridized carbons (Fsp3) is 0.771. The molecule has 0 N–H and O–H groups in total. The van der Waals surface area contributed by atoms with E-state index in [2.05, 4.69) is 20.8 Å². The van der Waals surface area contributed by atoms with Crippen molar-refractivity contribution in [3.05, 3.63) is 30.3 Å². The van der Waals surface area contributed by atoms with Crippen LogP contribution in [0.3, 0.4) is 0 Å². The molecule has 0 aliphatic carbocycles. The molecule has 1 aromatic rings. The lowest BCUT2D eigenvalue weighted by Crippen LogP contribution is -2.39. The maximum absolute atomic E-state index is 12.9. The Bertz CT molecular complexity index is 707. The number of carbonyl (C=O) groups is 2. The highest BCUT2D eigenvalue weighted by Crippen LogP contribution is 2.31. The van der Waals surface area contributed by atoms with Crippen molar-refractivity contribution in [1.29, 1.82) is 0 Å². The fourth-order valence-corrected chi connectivity index (χ4v) is 5.29. The molecule has 0 radical (unpaired) electrons. The monoisotopic (exact) mass is 544 g/mol. The quantitative estimate of drug-likeness (QED) is 0.0661. The zero-order valence-corrected chi connectivity index (χ0v) is 25.8. The second-order valence-corrected chi connectivity index (χ2v) is 11.5. The molecule has 0 fully saturated rings. The highest BCUT2D eigenvalue weighted by atomic mass is 16.6. The Labute approximate surface area is 241 Å². The molecule has 0 unspecified atom stereocenters. The van der Waals surface area contributed by atoms with Crippen LogP contribution in [-0.2, 0) is 14.3 Å². The normalized spacial score (nSPS) is 11.5. The average Bonchev–Trinajstić information content (AvgIpc) is 2.93. The Hall–Kier alpha value is -1.84. The van der Waals surface area contributed by atoms with Gasteiger partial charge in [-0.05, 0) is 44.2 Å². The fourth-order valence-electron chi connectivity index (χ4n) is 5.29. The molecule has 1 rings (SSSR count). The highest BCUT2D eigenvalue weighted by molar-refractivity contribution is 5.75. The maximum Gasteiger partial charge on any atom is 0.315 e. The van der Waals surface area contributed by atoms with Gasteiger partial charge >= 0.3 is 11.9 Å². The first-order valence-electron chi connectivity index (χ1n) is 16.5. The van der Waals surface area contributed by atoms with Gasteiger partial charge in [0.25, 0.3) is 0 Å². The number of para-hydroxylation sites is 1. The minimum absolute atomic E-state index is 0.118. The summed E-state index contributed by atoms with van der Waals surface area (Å²) in [5.74, 6) is 0.0455. The van der Waals surface area contributed by atoms with Gasteiger partial charge in [0, 0.05) is 6.42 Å². The van der Waals surface area contributed by atoms with Gasteiger partial charge in [-0.3, -0.25) is 9.59 Å². The molecule has 0 aliphatic rings. The predicted molar refractivity (Wildman–Crippen MR) is 164 cm³/mol. The van der Waals surface area contributed by atoms with E-state index in [1.165, 1.54) is 83.5 Å². The number of hydrogen-bond donors (Lipinski definition) is 0. The lowest BCUT2D eigenvalue weighted by molar-refractivity contribution is -0.166. The Morgan fingerprint density at radius 1 is 0.564 bits per heavy atom. The first kappa shape index (κ1) is 35.2. The minimum Gasteiger partial charge on any atom is -0.458 e. The summed E-state index contributed by atoms with van der Waals surface area (Å²) in [6.07, 6.45) is 25.4. The molecule has 4 nitrogen and oxygen atoms in total. The van der Waals surface area contributed by atoms with Gasteiger partial charge in [0.15, 0.2) is 0 Å². The van der Waals surface area contributed by atoms with Gasteiger partial charge < -0.3 is 9.47 Å². The molecule has 0 saturated carbocycles. The van der Waals surface area contributed by atoms with Crippen LogP contribution in [0.2, 0.25) is 0 Å². The molecule has 4 heteroatoms. The summed E-state index contributed by atoms with van der Waals surface area (Å²) in [4.78, 5) is 25.7. The maximum atomic E-state index is 12.9. The van der Waals surface area contributed by atoms with Crippen molar-refractivity contribution < 1.29 is 19.1 Å². The third-order valence-corrected chi connectivity index (χ3v) is 7.73. The van der Waals surface area contributed by atoms with Crippen LogP contribution < -0.4 is 4.74 Å². The number of esters is 2. The topological polar surface area (TPSA) is 52.6 Å². The second-order valence-electron chi connectivity index (χ2n) is 11.5. The van der Waals surface area contributed by atoms with Crippen LogP contribution in [0.4, 0.5) is 0 Å². The van der Waals surface area contributed by atoms with Crippen molar-refractivity contribution >= 4 is 11.9 Å². The first-order valence-corrected chi connectivity index (χ1v) is 16.5. The van der Waals surface area contributed by atoms with Gasteiger partial charge in [-0.15, -0.1) is 0 Å². The van der Waals surface area contributed by atoms with Crippen LogP contribution in [0.5, 0.6) is 5.75 Å². The van der Waals surface area contributed by atoms with E-state index in [9.17, 15) is 9.59 Å².